The molecular formula is C19H14N2OS. The van der Waals surface area contributed by atoms with E-state index in [9.17, 15) is 4.79 Å². The summed E-state index contributed by atoms with van der Waals surface area (Å²) in [7, 11) is 0. The van der Waals surface area contributed by atoms with Gasteiger partial charge in [0.2, 0.25) is 0 Å². The van der Waals surface area contributed by atoms with E-state index in [2.05, 4.69) is 4.98 Å². The Morgan fingerprint density at radius 3 is 2.70 bits per heavy atom. The van der Waals surface area contributed by atoms with Gasteiger partial charge in [0.25, 0.3) is 0 Å². The standard InChI is InChI=1S/C19H14N2OS/c22-19-15(12-23-18-4-2-1-3-17(18)19)11-14-5-7-16(8-6-14)21-10-9-20-13-21/h1-11,13H,12H2/b15-11-. The topological polar surface area (TPSA) is 34.9 Å². The molecule has 1 aliphatic rings. The Morgan fingerprint density at radius 2 is 1.91 bits per heavy atom. The lowest BCUT2D eigenvalue weighted by molar-refractivity contribution is 0.103. The number of Topliss-reactive ketones (excluding diaryl/α,β-unsaturated/α-hetero) is 1. The third-order valence-corrected chi connectivity index (χ3v) is 4.97. The molecule has 0 aliphatic carbocycles. The highest BCUT2D eigenvalue weighted by atomic mass is 32.2. The minimum Gasteiger partial charge on any atom is -0.306 e. The van der Waals surface area contributed by atoms with Crippen LogP contribution in [0, 0.1) is 0 Å². The van der Waals surface area contributed by atoms with Gasteiger partial charge >= 0.3 is 0 Å². The molecule has 0 saturated heterocycles. The van der Waals surface area contributed by atoms with E-state index < -0.39 is 0 Å². The van der Waals surface area contributed by atoms with E-state index in [0.29, 0.717) is 0 Å². The molecule has 0 radical (unpaired) electrons. The quantitative estimate of drug-likeness (QED) is 0.663. The molecule has 2 aromatic carbocycles. The van der Waals surface area contributed by atoms with Crippen molar-refractivity contribution in [2.45, 2.75) is 4.90 Å². The first kappa shape index (κ1) is 14.0. The molecule has 4 rings (SSSR count). The van der Waals surface area contributed by atoms with Crippen molar-refractivity contribution in [1.29, 1.82) is 0 Å². The Kier molecular flexibility index (Phi) is 3.60. The summed E-state index contributed by atoms with van der Waals surface area (Å²) in [6, 6.07) is 15.9. The van der Waals surface area contributed by atoms with Gasteiger partial charge in [-0.3, -0.25) is 4.79 Å². The van der Waals surface area contributed by atoms with Gasteiger partial charge in [0.05, 0.1) is 6.33 Å². The molecule has 0 spiro atoms. The zero-order chi connectivity index (χ0) is 15.6. The Hall–Kier alpha value is -2.59. The average Bonchev–Trinajstić information content (AvgIpc) is 3.13. The highest BCUT2D eigenvalue weighted by Crippen LogP contribution is 2.33. The van der Waals surface area contributed by atoms with E-state index in [1.165, 1.54) is 0 Å². The van der Waals surface area contributed by atoms with Crippen LogP contribution in [0.4, 0.5) is 0 Å². The fourth-order valence-electron chi connectivity index (χ4n) is 2.64. The SMILES string of the molecule is O=C1/C(=C\c2ccc(-n3ccnc3)cc2)CSc2ccccc21. The minimum absolute atomic E-state index is 0.137. The predicted octanol–water partition coefficient (Wildman–Crippen LogP) is 4.24. The number of aromatic nitrogens is 2. The van der Waals surface area contributed by atoms with Gasteiger partial charge in [0.15, 0.2) is 5.78 Å². The molecule has 112 valence electrons. The van der Waals surface area contributed by atoms with Crippen LogP contribution in [0.25, 0.3) is 11.8 Å². The number of ketones is 1. The molecule has 4 heteroatoms. The van der Waals surface area contributed by atoms with Crippen molar-refractivity contribution in [3.05, 3.63) is 84.0 Å². The molecular weight excluding hydrogens is 304 g/mol. The molecule has 0 amide bonds. The molecule has 0 atom stereocenters. The van der Waals surface area contributed by atoms with Crippen LogP contribution in [0.15, 0.2) is 77.7 Å². The second-order valence-electron chi connectivity index (χ2n) is 5.35. The second kappa shape index (κ2) is 5.89. The van der Waals surface area contributed by atoms with Gasteiger partial charge in [-0.05, 0) is 35.9 Å². The van der Waals surface area contributed by atoms with Gasteiger partial charge < -0.3 is 4.57 Å². The van der Waals surface area contributed by atoms with Crippen LogP contribution in [0.1, 0.15) is 15.9 Å². The van der Waals surface area contributed by atoms with E-state index in [-0.39, 0.29) is 5.78 Å². The average molecular weight is 318 g/mol. The summed E-state index contributed by atoms with van der Waals surface area (Å²) in [5.41, 5.74) is 3.76. The molecule has 1 aliphatic heterocycles. The molecule has 3 nitrogen and oxygen atoms in total. The zero-order valence-corrected chi connectivity index (χ0v) is 13.2. The van der Waals surface area contributed by atoms with Crippen molar-refractivity contribution in [1.82, 2.24) is 9.55 Å². The number of imidazole rings is 1. The smallest absolute Gasteiger partial charge is 0.191 e. The first-order valence-electron chi connectivity index (χ1n) is 7.37. The highest BCUT2D eigenvalue weighted by molar-refractivity contribution is 7.99. The van der Waals surface area contributed by atoms with Crippen molar-refractivity contribution in [3.63, 3.8) is 0 Å². The van der Waals surface area contributed by atoms with Crippen molar-refractivity contribution in [2.75, 3.05) is 5.75 Å². The van der Waals surface area contributed by atoms with Gasteiger partial charge in [-0.25, -0.2) is 4.98 Å². The molecule has 0 saturated carbocycles. The van der Waals surface area contributed by atoms with E-state index in [1.54, 1.807) is 24.3 Å². The fraction of sp³-hybridized carbons (Fsp3) is 0.0526. The normalized spacial score (nSPS) is 15.7. The van der Waals surface area contributed by atoms with E-state index in [0.717, 1.165) is 33.0 Å². The first-order valence-corrected chi connectivity index (χ1v) is 8.35. The summed E-state index contributed by atoms with van der Waals surface area (Å²) in [5.74, 6) is 0.858. The van der Waals surface area contributed by atoms with Crippen molar-refractivity contribution >= 4 is 23.6 Å². The van der Waals surface area contributed by atoms with Crippen LogP contribution in [-0.4, -0.2) is 21.1 Å². The lowest BCUT2D eigenvalue weighted by Gasteiger charge is -2.16. The molecule has 0 bridgehead atoms. The zero-order valence-electron chi connectivity index (χ0n) is 12.3. The maximum atomic E-state index is 12.6. The number of carbonyl (C=O) groups excluding carboxylic acids is 1. The molecule has 1 aromatic heterocycles. The minimum atomic E-state index is 0.137. The summed E-state index contributed by atoms with van der Waals surface area (Å²) in [4.78, 5) is 17.7. The molecule has 0 N–H and O–H groups in total. The van der Waals surface area contributed by atoms with Crippen molar-refractivity contribution < 1.29 is 4.79 Å². The summed E-state index contributed by atoms with van der Waals surface area (Å²) >= 11 is 1.72. The first-order chi connectivity index (χ1) is 11.3. The summed E-state index contributed by atoms with van der Waals surface area (Å²) < 4.78 is 1.95. The largest absolute Gasteiger partial charge is 0.306 e. The third-order valence-electron chi connectivity index (χ3n) is 3.84. The Morgan fingerprint density at radius 1 is 1.09 bits per heavy atom. The lowest BCUT2D eigenvalue weighted by atomic mass is 10.0. The number of fused-ring (bicyclic) bond motifs is 1. The molecule has 23 heavy (non-hydrogen) atoms. The van der Waals surface area contributed by atoms with Crippen LogP contribution >= 0.6 is 11.8 Å². The maximum Gasteiger partial charge on any atom is 0.191 e. The molecule has 3 aromatic rings. The number of hydrogen-bond donors (Lipinski definition) is 0. The van der Waals surface area contributed by atoms with E-state index in [1.807, 2.05) is 65.4 Å². The molecule has 0 fully saturated rings. The van der Waals surface area contributed by atoms with Crippen molar-refractivity contribution in [3.8, 4) is 5.69 Å². The van der Waals surface area contributed by atoms with Gasteiger partial charge in [0, 0.05) is 39.9 Å². The lowest BCUT2D eigenvalue weighted by Crippen LogP contribution is -2.12. The Labute approximate surface area is 138 Å². The highest BCUT2D eigenvalue weighted by Gasteiger charge is 2.21. The van der Waals surface area contributed by atoms with Crippen LogP contribution in [0.5, 0.6) is 0 Å². The number of benzene rings is 2. The predicted molar refractivity (Wildman–Crippen MR) is 93.0 cm³/mol. The second-order valence-corrected chi connectivity index (χ2v) is 6.36. The van der Waals surface area contributed by atoms with Crippen LogP contribution in [0.2, 0.25) is 0 Å². The number of carbonyl (C=O) groups is 1. The van der Waals surface area contributed by atoms with E-state index in [4.69, 9.17) is 0 Å². The Bertz CT molecular complexity index is 880. The fourth-order valence-corrected chi connectivity index (χ4v) is 3.65. The van der Waals surface area contributed by atoms with Crippen LogP contribution in [0.3, 0.4) is 0 Å². The number of nitrogens with zero attached hydrogens (tertiary/aromatic N) is 2. The monoisotopic (exact) mass is 318 g/mol. The number of hydrogen-bond acceptors (Lipinski definition) is 3. The number of rotatable bonds is 2. The summed E-state index contributed by atoms with van der Waals surface area (Å²) in [5, 5.41) is 0. The van der Waals surface area contributed by atoms with Crippen LogP contribution < -0.4 is 0 Å². The summed E-state index contributed by atoms with van der Waals surface area (Å²) in [6.07, 6.45) is 7.42. The summed E-state index contributed by atoms with van der Waals surface area (Å²) in [6.45, 7) is 0. The van der Waals surface area contributed by atoms with Gasteiger partial charge in [-0.15, -0.1) is 11.8 Å². The van der Waals surface area contributed by atoms with Gasteiger partial charge in [0.1, 0.15) is 0 Å². The van der Waals surface area contributed by atoms with Gasteiger partial charge in [-0.2, -0.15) is 0 Å². The Balaban J connectivity index is 1.62. The van der Waals surface area contributed by atoms with E-state index >= 15 is 0 Å². The molecule has 0 unspecified atom stereocenters. The maximum absolute atomic E-state index is 12.6. The van der Waals surface area contributed by atoms with Crippen LogP contribution in [-0.2, 0) is 0 Å². The molecule has 2 heterocycles. The number of thioether (sulfide) groups is 1. The van der Waals surface area contributed by atoms with Gasteiger partial charge in [-0.1, -0.05) is 24.3 Å². The van der Waals surface area contributed by atoms with Crippen molar-refractivity contribution in [2.24, 2.45) is 0 Å². The third kappa shape index (κ3) is 2.73.